The molecule has 0 fully saturated rings. The molecule has 0 saturated heterocycles. The van der Waals surface area contributed by atoms with Gasteiger partial charge >= 0.3 is 0 Å². The van der Waals surface area contributed by atoms with Crippen molar-refractivity contribution in [3.8, 4) is 11.5 Å². The van der Waals surface area contributed by atoms with Gasteiger partial charge in [-0.2, -0.15) is 0 Å². The van der Waals surface area contributed by atoms with Crippen molar-refractivity contribution in [1.82, 2.24) is 9.88 Å². The van der Waals surface area contributed by atoms with E-state index in [0.29, 0.717) is 18.1 Å². The lowest BCUT2D eigenvalue weighted by molar-refractivity contribution is -0.129. The third-order valence-electron chi connectivity index (χ3n) is 4.00. The van der Waals surface area contributed by atoms with E-state index >= 15 is 0 Å². The van der Waals surface area contributed by atoms with Crippen LogP contribution < -0.4 is 0 Å². The van der Waals surface area contributed by atoms with Crippen LogP contribution in [-0.4, -0.2) is 22.8 Å². The van der Waals surface area contributed by atoms with Gasteiger partial charge in [-0.3, -0.25) is 4.79 Å². The number of nitrogens with zero attached hydrogens (tertiary/aromatic N) is 2. The smallest absolute Gasteiger partial charge is 0.228 e. The maximum Gasteiger partial charge on any atom is 0.228 e. The Morgan fingerprint density at radius 3 is 2.54 bits per heavy atom. The fraction of sp³-hybridized carbons (Fsp3) is 0.200. The van der Waals surface area contributed by atoms with E-state index in [1.54, 1.807) is 11.2 Å². The molecular weight excluding hydrogens is 300 g/mol. The zero-order chi connectivity index (χ0) is 16.9. The standard InChI is InChI=1S/C20H20N2O2/c1-15-8-6-7-11-17(15)13-22(2)19(23)12-18-14-24-20(21-18)16-9-4-3-5-10-16/h3-11,14H,12-13H2,1-2H3. The SMILES string of the molecule is Cc1ccccc1CN(C)C(=O)Cc1coc(-c2ccccc2)n1. The molecule has 2 aromatic carbocycles. The zero-order valence-electron chi connectivity index (χ0n) is 13.9. The van der Waals surface area contributed by atoms with Gasteiger partial charge in [0.15, 0.2) is 0 Å². The molecule has 0 unspecified atom stereocenters. The molecule has 0 bridgehead atoms. The number of carbonyl (C=O) groups is 1. The highest BCUT2D eigenvalue weighted by Crippen LogP contribution is 2.18. The average molecular weight is 320 g/mol. The molecule has 0 radical (unpaired) electrons. The lowest BCUT2D eigenvalue weighted by Crippen LogP contribution is -2.28. The van der Waals surface area contributed by atoms with Crippen LogP contribution in [0.3, 0.4) is 0 Å². The Hall–Kier alpha value is -2.88. The van der Waals surface area contributed by atoms with Gasteiger partial charge in [-0.15, -0.1) is 0 Å². The summed E-state index contributed by atoms with van der Waals surface area (Å²) in [6.45, 7) is 2.65. The molecule has 24 heavy (non-hydrogen) atoms. The van der Waals surface area contributed by atoms with Crippen LogP contribution in [0.25, 0.3) is 11.5 Å². The average Bonchev–Trinajstić information content (AvgIpc) is 3.06. The highest BCUT2D eigenvalue weighted by atomic mass is 16.3. The lowest BCUT2D eigenvalue weighted by atomic mass is 10.1. The van der Waals surface area contributed by atoms with Crippen LogP contribution >= 0.6 is 0 Å². The van der Waals surface area contributed by atoms with Crippen LogP contribution in [0.1, 0.15) is 16.8 Å². The molecule has 0 aliphatic carbocycles. The summed E-state index contributed by atoms with van der Waals surface area (Å²) in [7, 11) is 1.81. The topological polar surface area (TPSA) is 46.3 Å². The monoisotopic (exact) mass is 320 g/mol. The van der Waals surface area contributed by atoms with E-state index in [1.165, 1.54) is 5.56 Å². The molecule has 3 aromatic rings. The maximum atomic E-state index is 12.4. The number of likely N-dealkylation sites (N-methyl/N-ethyl adjacent to an activating group) is 1. The third-order valence-corrected chi connectivity index (χ3v) is 4.00. The van der Waals surface area contributed by atoms with Crippen LogP contribution in [0, 0.1) is 6.92 Å². The van der Waals surface area contributed by atoms with Gasteiger partial charge in [-0.05, 0) is 30.2 Å². The van der Waals surface area contributed by atoms with Crippen molar-refractivity contribution < 1.29 is 9.21 Å². The number of oxazole rings is 1. The molecule has 122 valence electrons. The fourth-order valence-corrected chi connectivity index (χ4v) is 2.52. The van der Waals surface area contributed by atoms with Crippen molar-refractivity contribution in [2.45, 2.75) is 19.9 Å². The van der Waals surface area contributed by atoms with Gasteiger partial charge in [0.2, 0.25) is 11.8 Å². The number of hydrogen-bond donors (Lipinski definition) is 0. The summed E-state index contributed by atoms with van der Waals surface area (Å²) >= 11 is 0. The van der Waals surface area contributed by atoms with Crippen LogP contribution in [0.5, 0.6) is 0 Å². The van der Waals surface area contributed by atoms with Gasteiger partial charge in [-0.25, -0.2) is 4.98 Å². The first-order valence-corrected chi connectivity index (χ1v) is 7.92. The Bertz CT molecular complexity index is 824. The second-order valence-corrected chi connectivity index (χ2v) is 5.86. The van der Waals surface area contributed by atoms with E-state index < -0.39 is 0 Å². The Morgan fingerprint density at radius 2 is 1.79 bits per heavy atom. The minimum absolute atomic E-state index is 0.0196. The minimum atomic E-state index is 0.0196. The molecule has 0 aliphatic rings. The number of benzene rings is 2. The molecule has 4 nitrogen and oxygen atoms in total. The maximum absolute atomic E-state index is 12.4. The summed E-state index contributed by atoms with van der Waals surface area (Å²) in [4.78, 5) is 18.6. The normalized spacial score (nSPS) is 10.6. The van der Waals surface area contributed by atoms with Crippen molar-refractivity contribution in [2.24, 2.45) is 0 Å². The fourth-order valence-electron chi connectivity index (χ4n) is 2.52. The number of amides is 1. The Kier molecular flexibility index (Phi) is 4.75. The highest BCUT2D eigenvalue weighted by molar-refractivity contribution is 5.78. The van der Waals surface area contributed by atoms with E-state index in [0.717, 1.165) is 11.1 Å². The summed E-state index contributed by atoms with van der Waals surface area (Å²) in [6, 6.07) is 17.8. The lowest BCUT2D eigenvalue weighted by Gasteiger charge is -2.18. The quantitative estimate of drug-likeness (QED) is 0.717. The summed E-state index contributed by atoms with van der Waals surface area (Å²) in [6.07, 6.45) is 1.79. The van der Waals surface area contributed by atoms with E-state index in [1.807, 2.05) is 55.6 Å². The summed E-state index contributed by atoms with van der Waals surface area (Å²) in [5.74, 6) is 0.561. The van der Waals surface area contributed by atoms with E-state index in [-0.39, 0.29) is 12.3 Å². The minimum Gasteiger partial charge on any atom is -0.444 e. The molecule has 1 aromatic heterocycles. The number of aromatic nitrogens is 1. The van der Waals surface area contributed by atoms with Crippen molar-refractivity contribution in [3.05, 3.63) is 77.7 Å². The number of aryl methyl sites for hydroxylation is 1. The molecule has 4 heteroatoms. The van der Waals surface area contributed by atoms with Gasteiger partial charge in [-0.1, -0.05) is 42.5 Å². The molecule has 0 saturated carbocycles. The Balaban J connectivity index is 1.65. The first-order valence-electron chi connectivity index (χ1n) is 7.92. The van der Waals surface area contributed by atoms with E-state index in [2.05, 4.69) is 18.0 Å². The molecule has 1 heterocycles. The van der Waals surface area contributed by atoms with Crippen molar-refractivity contribution in [2.75, 3.05) is 7.05 Å². The zero-order valence-corrected chi connectivity index (χ0v) is 13.9. The second-order valence-electron chi connectivity index (χ2n) is 5.86. The van der Waals surface area contributed by atoms with Crippen LogP contribution in [-0.2, 0) is 17.8 Å². The van der Waals surface area contributed by atoms with Gasteiger partial charge in [0.25, 0.3) is 0 Å². The Labute approximate surface area is 141 Å². The Morgan fingerprint density at radius 1 is 1.08 bits per heavy atom. The van der Waals surface area contributed by atoms with Crippen LogP contribution in [0.4, 0.5) is 0 Å². The summed E-state index contributed by atoms with van der Waals surface area (Å²) in [5, 5.41) is 0. The van der Waals surface area contributed by atoms with Crippen molar-refractivity contribution in [1.29, 1.82) is 0 Å². The number of rotatable bonds is 5. The van der Waals surface area contributed by atoms with Crippen molar-refractivity contribution >= 4 is 5.91 Å². The molecular formula is C20H20N2O2. The van der Waals surface area contributed by atoms with Gasteiger partial charge in [0.1, 0.15) is 6.26 Å². The molecule has 0 aliphatic heterocycles. The molecule has 0 N–H and O–H groups in total. The number of carbonyl (C=O) groups excluding carboxylic acids is 1. The summed E-state index contributed by atoms with van der Waals surface area (Å²) in [5.41, 5.74) is 3.89. The van der Waals surface area contributed by atoms with Gasteiger partial charge < -0.3 is 9.32 Å². The number of hydrogen-bond acceptors (Lipinski definition) is 3. The molecule has 0 spiro atoms. The van der Waals surface area contributed by atoms with Crippen LogP contribution in [0.15, 0.2) is 65.3 Å². The largest absolute Gasteiger partial charge is 0.444 e. The highest BCUT2D eigenvalue weighted by Gasteiger charge is 2.14. The predicted molar refractivity (Wildman–Crippen MR) is 93.3 cm³/mol. The van der Waals surface area contributed by atoms with Crippen LogP contribution in [0.2, 0.25) is 0 Å². The molecule has 1 amide bonds. The summed E-state index contributed by atoms with van der Waals surface area (Å²) < 4.78 is 5.49. The first-order chi connectivity index (χ1) is 11.6. The van der Waals surface area contributed by atoms with E-state index in [4.69, 9.17) is 4.42 Å². The van der Waals surface area contributed by atoms with E-state index in [9.17, 15) is 4.79 Å². The molecule has 3 rings (SSSR count). The third kappa shape index (κ3) is 3.71. The second kappa shape index (κ2) is 7.13. The first kappa shape index (κ1) is 16.0. The molecule has 0 atom stereocenters. The van der Waals surface area contributed by atoms with Gasteiger partial charge in [0, 0.05) is 19.2 Å². The predicted octanol–water partition coefficient (Wildman–Crippen LogP) is 3.85. The van der Waals surface area contributed by atoms with Crippen molar-refractivity contribution in [3.63, 3.8) is 0 Å². The van der Waals surface area contributed by atoms with Gasteiger partial charge in [0.05, 0.1) is 12.1 Å².